The van der Waals surface area contributed by atoms with Crippen molar-refractivity contribution in [3.05, 3.63) is 65.2 Å². The molecule has 0 bridgehead atoms. The van der Waals surface area contributed by atoms with Crippen molar-refractivity contribution >= 4 is 23.6 Å². The minimum Gasteiger partial charge on any atom is -0.450 e. The van der Waals surface area contributed by atoms with Crippen LogP contribution in [0.5, 0.6) is 0 Å². The topological polar surface area (TPSA) is 105 Å². The molecule has 2 aromatic carbocycles. The predicted octanol–water partition coefficient (Wildman–Crippen LogP) is 2.97. The second-order valence-corrected chi connectivity index (χ2v) is 7.67. The highest BCUT2D eigenvalue weighted by molar-refractivity contribution is 6.01. The maximum atomic E-state index is 13.3. The van der Waals surface area contributed by atoms with Crippen LogP contribution in [0.1, 0.15) is 52.2 Å². The average Bonchev–Trinajstić information content (AvgIpc) is 3.06. The van der Waals surface area contributed by atoms with E-state index in [0.29, 0.717) is 49.4 Å². The zero-order chi connectivity index (χ0) is 22.0. The lowest BCUT2D eigenvalue weighted by Gasteiger charge is -2.39. The van der Waals surface area contributed by atoms with Crippen molar-refractivity contribution < 1.29 is 19.1 Å². The number of nitrogens with zero attached hydrogens (tertiary/aromatic N) is 2. The molecular weight excluding hydrogens is 396 g/mol. The number of fused-ring (bicyclic) bond motifs is 1. The maximum absolute atomic E-state index is 13.3. The third kappa shape index (κ3) is 3.93. The standard InChI is InChI=1S/C23H26N4O4/c1-2-31-23(30)26-13-11-15(12-14-26)27-21(16-7-3-4-8-17(16)22(27)29)25-19-10-6-5-9-18(19)20(24)28/h3-10,15,21,25H,2,11-14H2,1H3,(H2,24,28). The molecule has 1 saturated heterocycles. The fourth-order valence-corrected chi connectivity index (χ4v) is 4.37. The van der Waals surface area contributed by atoms with Gasteiger partial charge in [-0.05, 0) is 38.0 Å². The molecule has 2 aliphatic rings. The molecule has 0 aromatic heterocycles. The highest BCUT2D eigenvalue weighted by Crippen LogP contribution is 2.38. The van der Waals surface area contributed by atoms with E-state index in [9.17, 15) is 14.4 Å². The van der Waals surface area contributed by atoms with E-state index in [4.69, 9.17) is 10.5 Å². The summed E-state index contributed by atoms with van der Waals surface area (Å²) in [4.78, 5) is 40.8. The van der Waals surface area contributed by atoms with Gasteiger partial charge in [0.1, 0.15) is 6.17 Å². The number of amides is 3. The Bertz CT molecular complexity index is 1000. The number of benzene rings is 2. The summed E-state index contributed by atoms with van der Waals surface area (Å²) in [5.74, 6) is -0.589. The van der Waals surface area contributed by atoms with Gasteiger partial charge in [-0.3, -0.25) is 9.59 Å². The van der Waals surface area contributed by atoms with E-state index in [2.05, 4.69) is 5.32 Å². The number of nitrogens with two attached hydrogens (primary N) is 1. The van der Waals surface area contributed by atoms with Crippen LogP contribution in [0.15, 0.2) is 48.5 Å². The molecule has 31 heavy (non-hydrogen) atoms. The summed E-state index contributed by atoms with van der Waals surface area (Å²) >= 11 is 0. The van der Waals surface area contributed by atoms with Gasteiger partial charge in [0.05, 0.1) is 12.2 Å². The minimum atomic E-state index is -0.532. The molecule has 3 N–H and O–H groups in total. The van der Waals surface area contributed by atoms with Gasteiger partial charge in [-0.1, -0.05) is 30.3 Å². The first kappa shape index (κ1) is 20.7. The molecule has 0 saturated carbocycles. The fraction of sp³-hybridized carbons (Fsp3) is 0.348. The quantitative estimate of drug-likeness (QED) is 0.771. The van der Waals surface area contributed by atoms with Gasteiger partial charge in [-0.25, -0.2) is 4.79 Å². The zero-order valence-electron chi connectivity index (χ0n) is 17.4. The summed E-state index contributed by atoms with van der Waals surface area (Å²) in [7, 11) is 0. The molecule has 2 aromatic rings. The average molecular weight is 422 g/mol. The van der Waals surface area contributed by atoms with Crippen LogP contribution in [0.4, 0.5) is 10.5 Å². The summed E-state index contributed by atoms with van der Waals surface area (Å²) in [6.07, 6.45) is 0.549. The number of carbonyl (C=O) groups is 3. The first-order valence-electron chi connectivity index (χ1n) is 10.5. The Hall–Kier alpha value is -3.55. The van der Waals surface area contributed by atoms with E-state index in [-0.39, 0.29) is 18.0 Å². The SMILES string of the molecule is CCOC(=O)N1CCC(N2C(=O)c3ccccc3C2Nc2ccccc2C(N)=O)CC1. The van der Waals surface area contributed by atoms with Crippen molar-refractivity contribution in [1.82, 2.24) is 9.80 Å². The first-order chi connectivity index (χ1) is 15.0. The lowest BCUT2D eigenvalue weighted by Crippen LogP contribution is -2.49. The molecule has 8 nitrogen and oxygen atoms in total. The molecule has 162 valence electrons. The van der Waals surface area contributed by atoms with Crippen molar-refractivity contribution in [2.45, 2.75) is 32.0 Å². The Kier molecular flexibility index (Phi) is 5.79. The van der Waals surface area contributed by atoms with Crippen LogP contribution in [0, 0.1) is 0 Å². The van der Waals surface area contributed by atoms with Crippen LogP contribution in [0.3, 0.4) is 0 Å². The Morgan fingerprint density at radius 2 is 1.77 bits per heavy atom. The first-order valence-corrected chi connectivity index (χ1v) is 10.5. The lowest BCUT2D eigenvalue weighted by atomic mass is 10.0. The molecule has 0 radical (unpaired) electrons. The summed E-state index contributed by atoms with van der Waals surface area (Å²) in [5, 5.41) is 3.38. The number of piperidine rings is 1. The van der Waals surface area contributed by atoms with Gasteiger partial charge in [0.25, 0.3) is 11.8 Å². The van der Waals surface area contributed by atoms with Crippen LogP contribution in [-0.4, -0.2) is 53.4 Å². The highest BCUT2D eigenvalue weighted by Gasteiger charge is 2.42. The summed E-state index contributed by atoms with van der Waals surface area (Å²) in [6, 6.07) is 14.4. The monoisotopic (exact) mass is 422 g/mol. The zero-order valence-corrected chi connectivity index (χ0v) is 17.4. The Labute approximate surface area is 180 Å². The molecule has 1 unspecified atom stereocenters. The van der Waals surface area contributed by atoms with Crippen molar-refractivity contribution in [3.8, 4) is 0 Å². The number of anilines is 1. The minimum absolute atomic E-state index is 0.0520. The van der Waals surface area contributed by atoms with Crippen LogP contribution < -0.4 is 11.1 Å². The van der Waals surface area contributed by atoms with Crippen molar-refractivity contribution in [3.63, 3.8) is 0 Å². The number of nitrogens with one attached hydrogen (secondary N) is 1. The van der Waals surface area contributed by atoms with Gasteiger partial charge in [-0.2, -0.15) is 0 Å². The predicted molar refractivity (Wildman–Crippen MR) is 116 cm³/mol. The fourth-order valence-electron chi connectivity index (χ4n) is 4.37. The van der Waals surface area contributed by atoms with E-state index >= 15 is 0 Å². The van der Waals surface area contributed by atoms with Gasteiger partial charge >= 0.3 is 6.09 Å². The van der Waals surface area contributed by atoms with Crippen LogP contribution >= 0.6 is 0 Å². The molecule has 8 heteroatoms. The Morgan fingerprint density at radius 3 is 2.48 bits per heavy atom. The molecule has 0 aliphatic carbocycles. The van der Waals surface area contributed by atoms with E-state index < -0.39 is 12.1 Å². The molecule has 1 fully saturated rings. The van der Waals surface area contributed by atoms with Gasteiger partial charge < -0.3 is 25.6 Å². The number of carbonyl (C=O) groups excluding carboxylic acids is 3. The van der Waals surface area contributed by atoms with Gasteiger partial charge in [0.2, 0.25) is 0 Å². The number of primary amides is 1. The number of hydrogen-bond acceptors (Lipinski definition) is 5. The molecular formula is C23H26N4O4. The molecule has 4 rings (SSSR count). The normalized spacial score (nSPS) is 18.6. The Morgan fingerprint density at radius 1 is 1.10 bits per heavy atom. The van der Waals surface area contributed by atoms with Crippen LogP contribution in [0.25, 0.3) is 0 Å². The number of likely N-dealkylation sites (tertiary alicyclic amines) is 1. The second-order valence-electron chi connectivity index (χ2n) is 7.67. The Balaban J connectivity index is 1.61. The number of ether oxygens (including phenoxy) is 1. The van der Waals surface area contributed by atoms with E-state index in [1.165, 1.54) is 0 Å². The van der Waals surface area contributed by atoms with E-state index in [1.807, 2.05) is 35.2 Å². The molecule has 2 heterocycles. The molecule has 3 amide bonds. The summed E-state index contributed by atoms with van der Waals surface area (Å²) < 4.78 is 5.10. The largest absolute Gasteiger partial charge is 0.450 e. The van der Waals surface area contributed by atoms with Crippen LogP contribution in [0.2, 0.25) is 0 Å². The molecule has 2 aliphatic heterocycles. The van der Waals surface area contributed by atoms with Crippen molar-refractivity contribution in [2.24, 2.45) is 5.73 Å². The number of rotatable bonds is 5. The third-order valence-corrected chi connectivity index (χ3v) is 5.87. The number of hydrogen-bond donors (Lipinski definition) is 2. The van der Waals surface area contributed by atoms with Crippen molar-refractivity contribution in [1.29, 1.82) is 0 Å². The molecule has 1 atom stereocenters. The van der Waals surface area contributed by atoms with Gasteiger partial charge in [0, 0.05) is 35.9 Å². The number of para-hydroxylation sites is 1. The highest BCUT2D eigenvalue weighted by atomic mass is 16.6. The summed E-state index contributed by atoms with van der Waals surface area (Å²) in [6.45, 7) is 3.16. The van der Waals surface area contributed by atoms with Crippen LogP contribution in [-0.2, 0) is 4.74 Å². The van der Waals surface area contributed by atoms with E-state index in [0.717, 1.165) is 5.56 Å². The van der Waals surface area contributed by atoms with E-state index in [1.54, 1.807) is 30.0 Å². The third-order valence-electron chi connectivity index (χ3n) is 5.87. The second kappa shape index (κ2) is 8.67. The van der Waals surface area contributed by atoms with Crippen molar-refractivity contribution in [2.75, 3.05) is 25.0 Å². The molecule has 0 spiro atoms. The lowest BCUT2D eigenvalue weighted by molar-refractivity contribution is 0.0496. The smallest absolute Gasteiger partial charge is 0.409 e. The van der Waals surface area contributed by atoms with Gasteiger partial charge in [0.15, 0.2) is 0 Å². The van der Waals surface area contributed by atoms with Gasteiger partial charge in [-0.15, -0.1) is 0 Å². The maximum Gasteiger partial charge on any atom is 0.409 e. The summed E-state index contributed by atoms with van der Waals surface area (Å²) in [5.41, 5.74) is 8.00.